The number of nitrogens with zero attached hydrogens (tertiary/aromatic N) is 2. The van der Waals surface area contributed by atoms with Crippen LogP contribution in [-0.4, -0.2) is 60.2 Å². The first-order chi connectivity index (χ1) is 14.1. The highest BCUT2D eigenvalue weighted by Crippen LogP contribution is 2.27. The number of ether oxygens (including phenoxy) is 1. The maximum atomic E-state index is 13.0. The van der Waals surface area contributed by atoms with Crippen molar-refractivity contribution >= 4 is 23.6 Å². The molecule has 1 saturated heterocycles. The number of hydrogen-bond acceptors (Lipinski definition) is 5. The highest BCUT2D eigenvalue weighted by atomic mass is 32.2. The molecule has 0 bridgehead atoms. The van der Waals surface area contributed by atoms with Crippen molar-refractivity contribution in [2.45, 2.75) is 17.9 Å². The third-order valence-electron chi connectivity index (χ3n) is 5.31. The van der Waals surface area contributed by atoms with Gasteiger partial charge in [0.1, 0.15) is 5.75 Å². The largest absolute Gasteiger partial charge is 0.493 e. The molecule has 2 N–H and O–H groups in total. The topological polar surface area (TPSA) is 75.9 Å². The second-order valence-electron chi connectivity index (χ2n) is 7.36. The lowest BCUT2D eigenvalue weighted by molar-refractivity contribution is -0.115. The van der Waals surface area contributed by atoms with Crippen LogP contribution < -0.4 is 10.5 Å². The molecule has 0 radical (unpaired) electrons. The van der Waals surface area contributed by atoms with E-state index >= 15 is 0 Å². The Hall–Kier alpha value is -2.51. The van der Waals surface area contributed by atoms with Gasteiger partial charge in [0, 0.05) is 44.0 Å². The van der Waals surface area contributed by atoms with Gasteiger partial charge in [0.2, 0.25) is 5.91 Å². The fraction of sp³-hybridized carbons (Fsp3) is 0.364. The SMILES string of the molecule is NC(=O)CSc1ccccc1C(=O)N1CCN(Cc2ccc3c(c2)CCO3)CC1. The van der Waals surface area contributed by atoms with Crippen LogP contribution in [0.4, 0.5) is 0 Å². The first kappa shape index (κ1) is 19.8. The van der Waals surface area contributed by atoms with Crippen molar-refractivity contribution in [3.63, 3.8) is 0 Å². The predicted octanol–water partition coefficient (Wildman–Crippen LogP) is 2.16. The molecule has 0 atom stereocenters. The minimum atomic E-state index is -0.385. The Bertz CT molecular complexity index is 910. The zero-order valence-electron chi connectivity index (χ0n) is 16.3. The minimum absolute atomic E-state index is 0.0203. The summed E-state index contributed by atoms with van der Waals surface area (Å²) in [6, 6.07) is 13.9. The van der Waals surface area contributed by atoms with Gasteiger partial charge in [0.05, 0.1) is 17.9 Å². The van der Waals surface area contributed by atoms with E-state index in [-0.39, 0.29) is 17.6 Å². The Kier molecular flexibility index (Phi) is 6.06. The smallest absolute Gasteiger partial charge is 0.255 e. The van der Waals surface area contributed by atoms with Crippen LogP contribution in [0, 0.1) is 0 Å². The van der Waals surface area contributed by atoms with E-state index in [0.717, 1.165) is 43.3 Å². The fourth-order valence-corrected chi connectivity index (χ4v) is 4.58. The van der Waals surface area contributed by atoms with Gasteiger partial charge in [-0.05, 0) is 29.3 Å². The maximum absolute atomic E-state index is 13.0. The van der Waals surface area contributed by atoms with E-state index < -0.39 is 0 Å². The summed E-state index contributed by atoms with van der Waals surface area (Å²) in [6.07, 6.45) is 0.985. The Morgan fingerprint density at radius 2 is 1.86 bits per heavy atom. The molecule has 2 amide bonds. The van der Waals surface area contributed by atoms with Gasteiger partial charge in [-0.15, -0.1) is 11.8 Å². The van der Waals surface area contributed by atoms with Gasteiger partial charge >= 0.3 is 0 Å². The summed E-state index contributed by atoms with van der Waals surface area (Å²) >= 11 is 1.32. The lowest BCUT2D eigenvalue weighted by atomic mass is 10.1. The van der Waals surface area contributed by atoms with Gasteiger partial charge in [0.25, 0.3) is 5.91 Å². The second-order valence-corrected chi connectivity index (χ2v) is 8.38. The lowest BCUT2D eigenvalue weighted by Crippen LogP contribution is -2.48. The van der Waals surface area contributed by atoms with Crippen LogP contribution >= 0.6 is 11.8 Å². The Morgan fingerprint density at radius 3 is 2.66 bits per heavy atom. The summed E-state index contributed by atoms with van der Waals surface area (Å²) in [5, 5.41) is 0. The maximum Gasteiger partial charge on any atom is 0.255 e. The molecule has 2 heterocycles. The van der Waals surface area contributed by atoms with Gasteiger partial charge in [-0.2, -0.15) is 0 Å². The van der Waals surface area contributed by atoms with Crippen molar-refractivity contribution in [2.24, 2.45) is 5.73 Å². The lowest BCUT2D eigenvalue weighted by Gasteiger charge is -2.35. The standard InChI is InChI=1S/C22H25N3O3S/c23-21(26)15-29-20-4-2-1-3-18(20)22(27)25-10-8-24(9-11-25)14-16-5-6-19-17(13-16)7-12-28-19/h1-6,13H,7-12,14-15H2,(H2,23,26). The second kappa shape index (κ2) is 8.88. The van der Waals surface area contributed by atoms with Crippen LogP contribution in [-0.2, 0) is 17.8 Å². The van der Waals surface area contributed by atoms with E-state index in [9.17, 15) is 9.59 Å². The summed E-state index contributed by atoms with van der Waals surface area (Å²) < 4.78 is 5.58. The van der Waals surface area contributed by atoms with Gasteiger partial charge in [-0.25, -0.2) is 0 Å². The monoisotopic (exact) mass is 411 g/mol. The molecule has 2 aromatic carbocycles. The molecule has 0 unspecified atom stereocenters. The number of rotatable bonds is 6. The summed E-state index contributed by atoms with van der Waals surface area (Å²) in [7, 11) is 0. The summed E-state index contributed by atoms with van der Waals surface area (Å²) in [5.41, 5.74) is 8.48. The molecule has 2 aliphatic heterocycles. The van der Waals surface area contributed by atoms with Gasteiger partial charge in [-0.3, -0.25) is 14.5 Å². The van der Waals surface area contributed by atoms with E-state index in [1.807, 2.05) is 29.2 Å². The van der Waals surface area contributed by atoms with Crippen LogP contribution in [0.3, 0.4) is 0 Å². The van der Waals surface area contributed by atoms with Gasteiger partial charge in [0.15, 0.2) is 0 Å². The molecular formula is C22H25N3O3S. The van der Waals surface area contributed by atoms with Crippen molar-refractivity contribution in [2.75, 3.05) is 38.5 Å². The number of benzene rings is 2. The van der Waals surface area contributed by atoms with Crippen LogP contribution in [0.2, 0.25) is 0 Å². The predicted molar refractivity (Wildman–Crippen MR) is 113 cm³/mol. The molecule has 0 aliphatic carbocycles. The van der Waals surface area contributed by atoms with E-state index in [1.165, 1.54) is 22.9 Å². The van der Waals surface area contributed by atoms with Gasteiger partial charge in [-0.1, -0.05) is 24.3 Å². The van der Waals surface area contributed by atoms with Crippen molar-refractivity contribution in [1.29, 1.82) is 0 Å². The molecule has 7 heteroatoms. The number of carbonyl (C=O) groups excluding carboxylic acids is 2. The molecule has 29 heavy (non-hydrogen) atoms. The number of amides is 2. The number of nitrogens with two attached hydrogens (primary N) is 1. The minimum Gasteiger partial charge on any atom is -0.493 e. The van der Waals surface area contributed by atoms with Crippen molar-refractivity contribution in [1.82, 2.24) is 9.80 Å². The average molecular weight is 412 g/mol. The molecule has 0 spiro atoms. The first-order valence-electron chi connectivity index (χ1n) is 9.86. The van der Waals surface area contributed by atoms with Crippen molar-refractivity contribution < 1.29 is 14.3 Å². The van der Waals surface area contributed by atoms with Crippen LogP contribution in [0.1, 0.15) is 21.5 Å². The molecule has 6 nitrogen and oxygen atoms in total. The highest BCUT2D eigenvalue weighted by Gasteiger charge is 2.24. The zero-order chi connectivity index (χ0) is 20.2. The van der Waals surface area contributed by atoms with E-state index in [2.05, 4.69) is 23.1 Å². The van der Waals surface area contributed by atoms with Crippen molar-refractivity contribution in [3.8, 4) is 5.75 Å². The molecule has 2 aliphatic rings. The molecule has 4 rings (SSSR count). The number of fused-ring (bicyclic) bond motifs is 1. The number of carbonyl (C=O) groups is 2. The number of primary amides is 1. The molecule has 0 aromatic heterocycles. The molecule has 1 fully saturated rings. The highest BCUT2D eigenvalue weighted by molar-refractivity contribution is 8.00. The Balaban J connectivity index is 1.35. The fourth-order valence-electron chi connectivity index (χ4n) is 3.79. The Morgan fingerprint density at radius 1 is 1.07 bits per heavy atom. The third-order valence-corrected chi connectivity index (χ3v) is 6.40. The van der Waals surface area contributed by atoms with Crippen molar-refractivity contribution in [3.05, 3.63) is 59.2 Å². The molecule has 2 aromatic rings. The Labute approximate surface area is 175 Å². The number of hydrogen-bond donors (Lipinski definition) is 1. The zero-order valence-corrected chi connectivity index (χ0v) is 17.1. The number of piperazine rings is 1. The van der Waals surface area contributed by atoms with E-state index in [4.69, 9.17) is 10.5 Å². The first-order valence-corrected chi connectivity index (χ1v) is 10.8. The van der Waals surface area contributed by atoms with Crippen LogP contribution in [0.15, 0.2) is 47.4 Å². The molecule has 0 saturated carbocycles. The third kappa shape index (κ3) is 4.74. The molecular weight excluding hydrogens is 386 g/mol. The van der Waals surface area contributed by atoms with Crippen LogP contribution in [0.25, 0.3) is 0 Å². The quantitative estimate of drug-likeness (QED) is 0.738. The van der Waals surface area contributed by atoms with Crippen LogP contribution in [0.5, 0.6) is 5.75 Å². The van der Waals surface area contributed by atoms with Gasteiger partial charge < -0.3 is 15.4 Å². The normalized spacial score (nSPS) is 16.3. The summed E-state index contributed by atoms with van der Waals surface area (Å²) in [5.74, 6) is 0.817. The summed E-state index contributed by atoms with van der Waals surface area (Å²) in [6.45, 7) is 4.74. The molecule has 152 valence electrons. The van der Waals surface area contributed by atoms with E-state index in [0.29, 0.717) is 18.7 Å². The average Bonchev–Trinajstić information content (AvgIpc) is 3.20. The van der Waals surface area contributed by atoms with E-state index in [1.54, 1.807) is 0 Å². The number of thioether (sulfide) groups is 1. The summed E-state index contributed by atoms with van der Waals surface area (Å²) in [4.78, 5) is 29.2.